The Morgan fingerprint density at radius 2 is 1.55 bits per heavy atom. The largest absolute Gasteiger partial charge is 0.455 e. The highest BCUT2D eigenvalue weighted by Crippen LogP contribution is 2.53. The van der Waals surface area contributed by atoms with Gasteiger partial charge < -0.3 is 9.32 Å². The molecule has 4 aliphatic rings. The van der Waals surface area contributed by atoms with Gasteiger partial charge in [-0.3, -0.25) is 0 Å². The molecule has 0 fully saturated rings. The van der Waals surface area contributed by atoms with Crippen LogP contribution in [-0.4, -0.2) is 4.90 Å². The van der Waals surface area contributed by atoms with E-state index in [-0.39, 0.29) is 11.3 Å². The number of rotatable bonds is 6. The van der Waals surface area contributed by atoms with Crippen LogP contribution in [0.15, 0.2) is 203 Å². The first-order valence-corrected chi connectivity index (χ1v) is 22.6. The number of nitrogens with zero attached hydrogens (tertiary/aromatic N) is 1. The van der Waals surface area contributed by atoms with Gasteiger partial charge in [0.1, 0.15) is 11.2 Å². The van der Waals surface area contributed by atoms with Crippen LogP contribution in [0.3, 0.4) is 0 Å². The average molecular weight is 816 g/mol. The minimum Gasteiger partial charge on any atom is -0.455 e. The summed E-state index contributed by atoms with van der Waals surface area (Å²) in [5.41, 5.74) is 23.6. The van der Waals surface area contributed by atoms with Gasteiger partial charge in [-0.25, -0.2) is 0 Å². The minimum absolute atomic E-state index is 0.142. The lowest BCUT2D eigenvalue weighted by Gasteiger charge is -2.29. The van der Waals surface area contributed by atoms with Gasteiger partial charge in [-0.2, -0.15) is 0 Å². The lowest BCUT2D eigenvalue weighted by atomic mass is 9.80. The molecule has 2 nitrogen and oxygen atoms in total. The maximum Gasteiger partial charge on any atom is 0.142 e. The molecule has 0 amide bonds. The number of thiophene rings is 1. The Morgan fingerprint density at radius 1 is 0.758 bits per heavy atom. The molecule has 2 aromatic heterocycles. The normalized spacial score (nSPS) is 17.7. The standard InChI is InChI=1S/C59H45NOS/c1-36(42-17-11-19-48-46-15-7-9-21-54(46)61-57(42)48)23-24-37(2)60(40-27-25-38(26-28-40)44-18-12-20-49-47-16-8-10-22-55(47)62-58(44)49)41-29-31-50-52(33-30-41)59(3,4)53-34-32-45-43-14-6-5-13-39(43)35-51(45)56(50)53/h5-25,27-28,30-34,38H,26,35H2,1-4H3/b36-23+,37-24+. The number of hydrogen-bond donors (Lipinski definition) is 0. The number of hydrogen-bond acceptors (Lipinski definition) is 3. The summed E-state index contributed by atoms with van der Waals surface area (Å²) in [6.45, 7) is 9.18. The van der Waals surface area contributed by atoms with Crippen molar-refractivity contribution in [3.8, 4) is 11.1 Å². The summed E-state index contributed by atoms with van der Waals surface area (Å²) in [4.78, 5) is 2.40. The van der Waals surface area contributed by atoms with Crippen molar-refractivity contribution >= 4 is 64.6 Å². The third-order valence-corrected chi connectivity index (χ3v) is 15.1. The molecular formula is C59H45NOS. The van der Waals surface area contributed by atoms with Crippen LogP contribution in [0.4, 0.5) is 0 Å². The van der Waals surface area contributed by atoms with Gasteiger partial charge in [-0.15, -0.1) is 11.3 Å². The zero-order chi connectivity index (χ0) is 41.7. The summed E-state index contributed by atoms with van der Waals surface area (Å²) >= 11 is 1.92. The third kappa shape index (κ3) is 5.62. The summed E-state index contributed by atoms with van der Waals surface area (Å²) in [6, 6.07) is 44.1. The number of allylic oxidation sites excluding steroid dienone is 11. The molecule has 0 N–H and O–H groups in total. The molecule has 0 spiro atoms. The van der Waals surface area contributed by atoms with E-state index in [0.717, 1.165) is 63.0 Å². The molecule has 1 unspecified atom stereocenters. The molecule has 4 aliphatic carbocycles. The van der Waals surface area contributed by atoms with E-state index in [4.69, 9.17) is 4.42 Å². The first-order valence-electron chi connectivity index (χ1n) is 21.8. The highest BCUT2D eigenvalue weighted by atomic mass is 32.1. The fraction of sp³-hybridized carbons (Fsp3) is 0.136. The van der Waals surface area contributed by atoms with Gasteiger partial charge in [0.05, 0.1) is 5.70 Å². The number of furan rings is 1. The van der Waals surface area contributed by atoms with Crippen molar-refractivity contribution in [2.24, 2.45) is 0 Å². The molecule has 0 bridgehead atoms. The van der Waals surface area contributed by atoms with Gasteiger partial charge in [0.15, 0.2) is 0 Å². The van der Waals surface area contributed by atoms with Crippen LogP contribution >= 0.6 is 11.3 Å². The van der Waals surface area contributed by atoms with E-state index in [2.05, 4.69) is 202 Å². The van der Waals surface area contributed by atoms with Crippen LogP contribution in [-0.2, 0) is 11.8 Å². The molecule has 0 radical (unpaired) electrons. The monoisotopic (exact) mass is 815 g/mol. The smallest absolute Gasteiger partial charge is 0.142 e. The second-order valence-electron chi connectivity index (χ2n) is 17.7. The van der Waals surface area contributed by atoms with Crippen LogP contribution in [0.1, 0.15) is 73.4 Å². The summed E-state index contributed by atoms with van der Waals surface area (Å²) < 4.78 is 9.19. The van der Waals surface area contributed by atoms with E-state index in [1.165, 1.54) is 70.3 Å². The maximum absolute atomic E-state index is 6.46. The highest BCUT2D eigenvalue weighted by Gasteiger charge is 2.39. The molecule has 12 rings (SSSR count). The van der Waals surface area contributed by atoms with Crippen LogP contribution in [0, 0.1) is 0 Å². The molecule has 0 saturated heterocycles. The average Bonchev–Trinajstić information content (AvgIpc) is 4.00. The molecule has 3 heteroatoms. The second-order valence-corrected chi connectivity index (χ2v) is 18.8. The van der Waals surface area contributed by atoms with Gasteiger partial charge in [0.2, 0.25) is 0 Å². The topological polar surface area (TPSA) is 16.4 Å². The quantitative estimate of drug-likeness (QED) is 0.123. The van der Waals surface area contributed by atoms with E-state index in [1.54, 1.807) is 0 Å². The van der Waals surface area contributed by atoms with Crippen molar-refractivity contribution in [1.82, 2.24) is 4.90 Å². The maximum atomic E-state index is 6.46. The van der Waals surface area contributed by atoms with Gasteiger partial charge in [0, 0.05) is 59.2 Å². The first-order chi connectivity index (χ1) is 30.3. The van der Waals surface area contributed by atoms with Crippen molar-refractivity contribution in [3.63, 3.8) is 0 Å². The van der Waals surface area contributed by atoms with E-state index in [1.807, 2.05) is 17.4 Å². The van der Waals surface area contributed by atoms with Gasteiger partial charge in [-0.05, 0) is 119 Å². The summed E-state index contributed by atoms with van der Waals surface area (Å²) in [7, 11) is 0. The van der Waals surface area contributed by atoms with Crippen molar-refractivity contribution < 1.29 is 4.42 Å². The number of benzene rings is 6. The molecule has 1 atom stereocenters. The van der Waals surface area contributed by atoms with E-state index in [0.29, 0.717) is 0 Å². The van der Waals surface area contributed by atoms with E-state index < -0.39 is 0 Å². The predicted molar refractivity (Wildman–Crippen MR) is 262 cm³/mol. The molecule has 0 aliphatic heterocycles. The Hall–Kier alpha value is -6.90. The van der Waals surface area contributed by atoms with Crippen LogP contribution in [0.2, 0.25) is 0 Å². The van der Waals surface area contributed by atoms with Crippen molar-refractivity contribution in [2.75, 3.05) is 0 Å². The molecule has 0 saturated carbocycles. The fourth-order valence-corrected chi connectivity index (χ4v) is 11.9. The molecular weight excluding hydrogens is 771 g/mol. The van der Waals surface area contributed by atoms with E-state index in [9.17, 15) is 0 Å². The summed E-state index contributed by atoms with van der Waals surface area (Å²) in [5, 5.41) is 4.99. The Bertz CT molecular complexity index is 3510. The Morgan fingerprint density at radius 3 is 2.44 bits per heavy atom. The lowest BCUT2D eigenvalue weighted by Crippen LogP contribution is -2.20. The molecule has 62 heavy (non-hydrogen) atoms. The van der Waals surface area contributed by atoms with Crippen molar-refractivity contribution in [3.05, 3.63) is 232 Å². The molecule has 6 aromatic carbocycles. The molecule has 2 heterocycles. The Kier molecular flexibility index (Phi) is 8.38. The van der Waals surface area contributed by atoms with E-state index >= 15 is 0 Å². The van der Waals surface area contributed by atoms with Gasteiger partial charge in [0.25, 0.3) is 0 Å². The van der Waals surface area contributed by atoms with Crippen LogP contribution in [0.5, 0.6) is 0 Å². The predicted octanol–water partition coefficient (Wildman–Crippen LogP) is 16.1. The van der Waals surface area contributed by atoms with Gasteiger partial charge in [-0.1, -0.05) is 153 Å². The zero-order valence-electron chi connectivity index (χ0n) is 35.4. The fourth-order valence-electron chi connectivity index (χ4n) is 10.7. The number of fused-ring (bicyclic) bond motifs is 12. The molecule has 298 valence electrons. The Labute approximate surface area is 366 Å². The first kappa shape index (κ1) is 36.9. The number of para-hydroxylation sites is 2. The van der Waals surface area contributed by atoms with Crippen LogP contribution in [0.25, 0.3) is 64.4 Å². The van der Waals surface area contributed by atoms with Crippen molar-refractivity contribution in [1.29, 1.82) is 0 Å². The summed E-state index contributed by atoms with van der Waals surface area (Å²) in [5.74, 6) is 0.288. The minimum atomic E-state index is -0.142. The highest BCUT2D eigenvalue weighted by molar-refractivity contribution is 7.26. The summed E-state index contributed by atoms with van der Waals surface area (Å²) in [6.07, 6.45) is 20.5. The molecule has 8 aromatic rings. The third-order valence-electron chi connectivity index (χ3n) is 13.8. The van der Waals surface area contributed by atoms with Gasteiger partial charge >= 0.3 is 0 Å². The Balaban J connectivity index is 0.952. The SMILES string of the molecule is C/C(=C\C=C(/C)N(C1=C=CC2=C(C=C1)C(C)(C)c1ccc3c(c12)Cc1ccccc1-3)C1=CCC(c2cccc3c2sc2ccccc23)C=C1)c1cccc2c1oc1ccccc12. The lowest BCUT2D eigenvalue weighted by molar-refractivity contribution is 0.552. The van der Waals surface area contributed by atoms with Crippen molar-refractivity contribution in [2.45, 2.75) is 51.9 Å². The second kappa shape index (κ2) is 14.1. The van der Waals surface area contributed by atoms with Crippen LogP contribution < -0.4 is 0 Å². The zero-order valence-corrected chi connectivity index (χ0v) is 36.2.